The van der Waals surface area contributed by atoms with Gasteiger partial charge in [-0.3, -0.25) is 9.52 Å². The molecule has 0 unspecified atom stereocenters. The van der Waals surface area contributed by atoms with Crippen LogP contribution in [0, 0.1) is 11.7 Å². The summed E-state index contributed by atoms with van der Waals surface area (Å²) in [6.07, 6.45) is 3.58. The first kappa shape index (κ1) is 17.0. The fraction of sp³-hybridized carbons (Fsp3) is 0.316. The quantitative estimate of drug-likeness (QED) is 0.893. The molecular weight excluding hydrogens is 355 g/mol. The van der Waals surface area contributed by atoms with Gasteiger partial charge in [0.2, 0.25) is 5.91 Å². The van der Waals surface area contributed by atoms with Crippen LogP contribution in [0.2, 0.25) is 0 Å². The van der Waals surface area contributed by atoms with Crippen LogP contribution in [0.25, 0.3) is 0 Å². The zero-order chi connectivity index (χ0) is 18.3. The largest absolute Gasteiger partial charge is 0.312 e. The number of aryl methyl sites for hydroxylation is 1. The molecule has 7 heteroatoms. The minimum Gasteiger partial charge on any atom is -0.312 e. The zero-order valence-corrected chi connectivity index (χ0v) is 14.9. The maximum Gasteiger partial charge on any atom is 0.261 e. The van der Waals surface area contributed by atoms with Crippen molar-refractivity contribution < 1.29 is 17.6 Å². The zero-order valence-electron chi connectivity index (χ0n) is 14.1. The predicted octanol–water partition coefficient (Wildman–Crippen LogP) is 3.32. The molecule has 1 amide bonds. The molecule has 0 aromatic heterocycles. The number of carbonyl (C=O) groups is 1. The first-order valence-electron chi connectivity index (χ1n) is 8.67. The van der Waals surface area contributed by atoms with Crippen molar-refractivity contribution in [3.05, 3.63) is 53.8 Å². The molecule has 0 bridgehead atoms. The molecule has 0 saturated heterocycles. The van der Waals surface area contributed by atoms with E-state index >= 15 is 0 Å². The average molecular weight is 374 g/mol. The Morgan fingerprint density at radius 2 is 1.85 bits per heavy atom. The minimum absolute atomic E-state index is 0.00200. The number of nitrogens with zero attached hydrogens (tertiary/aromatic N) is 1. The van der Waals surface area contributed by atoms with Crippen LogP contribution in [0.1, 0.15) is 24.8 Å². The predicted molar refractivity (Wildman–Crippen MR) is 97.0 cm³/mol. The monoisotopic (exact) mass is 374 g/mol. The molecule has 1 aliphatic heterocycles. The Balaban J connectivity index is 1.59. The second kappa shape index (κ2) is 6.39. The molecule has 5 nitrogen and oxygen atoms in total. The van der Waals surface area contributed by atoms with Gasteiger partial charge in [-0.1, -0.05) is 0 Å². The Morgan fingerprint density at radius 3 is 2.54 bits per heavy atom. The van der Waals surface area contributed by atoms with Gasteiger partial charge >= 0.3 is 0 Å². The van der Waals surface area contributed by atoms with E-state index in [0.717, 1.165) is 49.1 Å². The van der Waals surface area contributed by atoms with Crippen LogP contribution in [-0.2, 0) is 21.2 Å². The first-order valence-corrected chi connectivity index (χ1v) is 10.1. The number of hydrogen-bond acceptors (Lipinski definition) is 3. The number of carbonyl (C=O) groups excluding carboxylic acids is 1. The highest BCUT2D eigenvalue weighted by atomic mass is 32.2. The van der Waals surface area contributed by atoms with Crippen molar-refractivity contribution in [2.45, 2.75) is 30.6 Å². The number of amides is 1. The molecule has 1 aliphatic carbocycles. The van der Waals surface area contributed by atoms with Crippen LogP contribution in [0.5, 0.6) is 0 Å². The summed E-state index contributed by atoms with van der Waals surface area (Å²) in [5.41, 5.74) is 2.27. The van der Waals surface area contributed by atoms with Crippen LogP contribution < -0.4 is 9.62 Å². The maximum atomic E-state index is 13.0. The van der Waals surface area contributed by atoms with Crippen molar-refractivity contribution in [3.63, 3.8) is 0 Å². The van der Waals surface area contributed by atoms with Gasteiger partial charge in [0.05, 0.1) is 4.90 Å². The molecule has 4 rings (SSSR count). The summed E-state index contributed by atoms with van der Waals surface area (Å²) >= 11 is 0. The SMILES string of the molecule is O=C(C1CC1)N1CCCc2cc(NS(=O)(=O)c3ccc(F)cc3)ccc21. The Labute approximate surface area is 151 Å². The van der Waals surface area contributed by atoms with E-state index in [-0.39, 0.29) is 16.7 Å². The van der Waals surface area contributed by atoms with Crippen molar-refractivity contribution in [3.8, 4) is 0 Å². The smallest absolute Gasteiger partial charge is 0.261 e. The lowest BCUT2D eigenvalue weighted by Gasteiger charge is -2.30. The number of sulfonamides is 1. The standard InChI is InChI=1S/C19H19FN2O3S/c20-15-5-8-17(9-6-15)26(24,25)21-16-7-10-18-14(12-16)2-1-11-22(18)19(23)13-3-4-13/h5-10,12-13,21H,1-4,11H2. The molecule has 1 N–H and O–H groups in total. The maximum absolute atomic E-state index is 13.0. The van der Waals surface area contributed by atoms with Crippen molar-refractivity contribution in [2.75, 3.05) is 16.2 Å². The number of fused-ring (bicyclic) bond motifs is 1. The minimum atomic E-state index is -3.79. The van der Waals surface area contributed by atoms with Crippen LogP contribution >= 0.6 is 0 Å². The van der Waals surface area contributed by atoms with Crippen LogP contribution in [-0.4, -0.2) is 20.9 Å². The van der Waals surface area contributed by atoms with E-state index in [1.54, 1.807) is 18.2 Å². The van der Waals surface area contributed by atoms with E-state index in [2.05, 4.69) is 4.72 Å². The van der Waals surface area contributed by atoms with Gasteiger partial charge in [-0.2, -0.15) is 0 Å². The fourth-order valence-corrected chi connectivity index (χ4v) is 4.32. The van der Waals surface area contributed by atoms with E-state index in [1.807, 2.05) is 4.90 Å². The normalized spacial score (nSPS) is 16.9. The van der Waals surface area contributed by atoms with Gasteiger partial charge in [0, 0.05) is 23.8 Å². The molecule has 0 atom stereocenters. The van der Waals surface area contributed by atoms with Gasteiger partial charge in [-0.25, -0.2) is 12.8 Å². The molecule has 2 aromatic rings. The van der Waals surface area contributed by atoms with E-state index in [0.29, 0.717) is 12.2 Å². The van der Waals surface area contributed by atoms with E-state index in [4.69, 9.17) is 0 Å². The molecule has 136 valence electrons. The Kier molecular flexibility index (Phi) is 4.19. The highest BCUT2D eigenvalue weighted by molar-refractivity contribution is 7.92. The summed E-state index contributed by atoms with van der Waals surface area (Å²) in [5, 5.41) is 0. The molecule has 26 heavy (non-hydrogen) atoms. The van der Waals surface area contributed by atoms with E-state index in [1.165, 1.54) is 12.1 Å². The van der Waals surface area contributed by atoms with Gasteiger partial charge in [-0.05, 0) is 73.7 Å². The second-order valence-corrected chi connectivity index (χ2v) is 8.45. The Bertz CT molecular complexity index is 953. The van der Waals surface area contributed by atoms with Gasteiger partial charge in [0.25, 0.3) is 10.0 Å². The summed E-state index contributed by atoms with van der Waals surface area (Å²) in [5.74, 6) is -0.165. The molecule has 2 aliphatic rings. The van der Waals surface area contributed by atoms with Crippen molar-refractivity contribution in [2.24, 2.45) is 5.92 Å². The Morgan fingerprint density at radius 1 is 1.12 bits per heavy atom. The van der Waals surface area contributed by atoms with E-state index in [9.17, 15) is 17.6 Å². The lowest BCUT2D eigenvalue weighted by Crippen LogP contribution is -2.36. The van der Waals surface area contributed by atoms with E-state index < -0.39 is 15.8 Å². The number of anilines is 2. The summed E-state index contributed by atoms with van der Waals surface area (Å²) in [6.45, 7) is 0.711. The third kappa shape index (κ3) is 3.31. The topological polar surface area (TPSA) is 66.5 Å². The lowest BCUT2D eigenvalue weighted by atomic mass is 10.0. The highest BCUT2D eigenvalue weighted by Crippen LogP contribution is 2.36. The van der Waals surface area contributed by atoms with Gasteiger partial charge in [0.15, 0.2) is 0 Å². The number of hydrogen-bond donors (Lipinski definition) is 1. The van der Waals surface area contributed by atoms with Crippen LogP contribution in [0.15, 0.2) is 47.4 Å². The van der Waals surface area contributed by atoms with Crippen molar-refractivity contribution >= 4 is 27.3 Å². The molecular formula is C19H19FN2O3S. The summed E-state index contributed by atoms with van der Waals surface area (Å²) in [4.78, 5) is 14.3. The Hall–Kier alpha value is -2.41. The molecule has 1 saturated carbocycles. The third-order valence-electron chi connectivity index (χ3n) is 4.77. The van der Waals surface area contributed by atoms with Gasteiger partial charge < -0.3 is 4.90 Å². The molecule has 1 heterocycles. The summed E-state index contributed by atoms with van der Waals surface area (Å²) < 4.78 is 40.4. The number of nitrogens with one attached hydrogen (secondary N) is 1. The van der Waals surface area contributed by atoms with Gasteiger partial charge in [-0.15, -0.1) is 0 Å². The highest BCUT2D eigenvalue weighted by Gasteiger charge is 2.35. The number of benzene rings is 2. The lowest BCUT2D eigenvalue weighted by molar-refractivity contribution is -0.119. The number of rotatable bonds is 4. The third-order valence-corrected chi connectivity index (χ3v) is 6.16. The van der Waals surface area contributed by atoms with Crippen molar-refractivity contribution in [1.29, 1.82) is 0 Å². The summed E-state index contributed by atoms with van der Waals surface area (Å²) in [6, 6.07) is 9.93. The number of halogens is 1. The molecule has 2 aromatic carbocycles. The molecule has 1 fully saturated rings. The first-order chi connectivity index (χ1) is 12.4. The summed E-state index contributed by atoms with van der Waals surface area (Å²) in [7, 11) is -3.79. The average Bonchev–Trinajstić information content (AvgIpc) is 3.45. The molecule has 0 spiro atoms. The fourth-order valence-electron chi connectivity index (χ4n) is 3.27. The van der Waals surface area contributed by atoms with Crippen molar-refractivity contribution in [1.82, 2.24) is 0 Å². The van der Waals surface area contributed by atoms with Crippen LogP contribution in [0.3, 0.4) is 0 Å². The van der Waals surface area contributed by atoms with Crippen LogP contribution in [0.4, 0.5) is 15.8 Å². The molecule has 0 radical (unpaired) electrons. The second-order valence-electron chi connectivity index (χ2n) is 6.77. The van der Waals surface area contributed by atoms with Gasteiger partial charge in [0.1, 0.15) is 5.82 Å².